The van der Waals surface area contributed by atoms with Crippen LogP contribution in [0.25, 0.3) is 21.6 Å². The highest BCUT2D eigenvalue weighted by Crippen LogP contribution is 2.48. The quantitative estimate of drug-likeness (QED) is 0.0863. The maximum Gasteiger partial charge on any atom is 0.459 e. The third kappa shape index (κ3) is 6.96. The van der Waals surface area contributed by atoms with Crippen molar-refractivity contribution in [1.82, 2.24) is 24.6 Å². The average molecular weight is 626 g/mol. The van der Waals surface area contributed by atoms with Crippen LogP contribution in [-0.4, -0.2) is 74.7 Å². The number of esters is 1. The number of halogens is 1. The van der Waals surface area contributed by atoms with E-state index in [1.807, 2.05) is 0 Å². The van der Waals surface area contributed by atoms with E-state index in [-0.39, 0.29) is 42.8 Å². The molecule has 1 unspecified atom stereocenters. The molecule has 234 valence electrons. The fourth-order valence-electron chi connectivity index (χ4n) is 4.26. The first-order chi connectivity index (χ1) is 19.9. The number of carbonyl (C=O) groups excluding carboxylic acids is 1. The number of carbonyl (C=O) groups is 1. The first-order valence-corrected chi connectivity index (χ1v) is 14.1. The summed E-state index contributed by atoms with van der Waals surface area (Å²) in [7, 11) is -3.26. The van der Waals surface area contributed by atoms with Gasteiger partial charge in [0.05, 0.1) is 32.8 Å². The molecule has 1 aliphatic rings. The Kier molecular flexibility index (Phi) is 10.5. The van der Waals surface area contributed by atoms with Gasteiger partial charge in [0.25, 0.3) is 0 Å². The Balaban J connectivity index is 0.00000506. The van der Waals surface area contributed by atoms with Crippen molar-refractivity contribution >= 4 is 30.8 Å². The van der Waals surface area contributed by atoms with Crippen LogP contribution in [0, 0.1) is 5.82 Å². The van der Waals surface area contributed by atoms with Gasteiger partial charge in [-0.05, 0) is 50.6 Å². The number of nitrogens with two attached hydrogens (primary N) is 1. The molecule has 4 N–H and O–H groups in total. The zero-order chi connectivity index (χ0) is 30.7. The maximum absolute atomic E-state index is 13.7. The van der Waals surface area contributed by atoms with Crippen molar-refractivity contribution in [2.24, 2.45) is 5.11 Å². The molecule has 43 heavy (non-hydrogen) atoms. The molecule has 2 aromatic heterocycles. The normalized spacial score (nSPS) is 23.4. The van der Waals surface area contributed by atoms with E-state index in [0.717, 1.165) is 19.2 Å². The van der Waals surface area contributed by atoms with Gasteiger partial charge in [-0.3, -0.25) is 13.9 Å². The van der Waals surface area contributed by atoms with Crippen LogP contribution in [0.3, 0.4) is 0 Å². The smallest absolute Gasteiger partial charge is 0.459 e. The molecule has 6 atom stereocenters. The summed E-state index contributed by atoms with van der Waals surface area (Å²) in [5.74, 6) is -1.38. The van der Waals surface area contributed by atoms with Crippen molar-refractivity contribution in [3.63, 3.8) is 0 Å². The molecule has 0 amide bonds. The second kappa shape index (κ2) is 13.5. The molecule has 4 rings (SSSR count). The number of hydrogen-bond acceptors (Lipinski definition) is 13. The van der Waals surface area contributed by atoms with Crippen molar-refractivity contribution in [2.45, 2.75) is 58.2 Å². The number of nitrogens with zero attached hydrogens (tertiary/aromatic N) is 7. The van der Waals surface area contributed by atoms with Crippen LogP contribution >= 0.6 is 7.75 Å². The molecule has 1 saturated heterocycles. The molecule has 0 aliphatic carbocycles. The lowest BCUT2D eigenvalue weighted by Crippen LogP contribution is -2.43. The Morgan fingerprint density at radius 2 is 2.09 bits per heavy atom. The third-order valence-electron chi connectivity index (χ3n) is 6.31. The predicted molar refractivity (Wildman–Crippen MR) is 150 cm³/mol. The summed E-state index contributed by atoms with van der Waals surface area (Å²) in [6.45, 7) is 4.24. The van der Waals surface area contributed by atoms with Gasteiger partial charge in [-0.2, -0.15) is 15.1 Å². The summed E-state index contributed by atoms with van der Waals surface area (Å²) in [5.41, 5.74) is 13.9. The van der Waals surface area contributed by atoms with E-state index in [4.69, 9.17) is 24.3 Å². The van der Waals surface area contributed by atoms with Crippen LogP contribution < -0.4 is 20.1 Å². The van der Waals surface area contributed by atoms with Gasteiger partial charge in [0.15, 0.2) is 17.4 Å². The number of rotatable bonds is 12. The van der Waals surface area contributed by atoms with E-state index in [1.165, 1.54) is 36.9 Å². The fraction of sp³-hybridized carbons (Fsp3) is 0.500. The van der Waals surface area contributed by atoms with Crippen molar-refractivity contribution in [1.29, 1.82) is 0 Å². The number of hydrogen-bond donors (Lipinski definition) is 3. The molecule has 1 aromatic carbocycles. The molecule has 3 aromatic rings. The van der Waals surface area contributed by atoms with Crippen LogP contribution in [-0.2, 0) is 23.4 Å². The number of anilines is 1. The minimum Gasteiger partial charge on any atom is -0.476 e. The monoisotopic (exact) mass is 625 g/mol. The summed E-state index contributed by atoms with van der Waals surface area (Å²) in [6.07, 6.45) is -2.65. The van der Waals surface area contributed by atoms with Crippen molar-refractivity contribution < 1.29 is 42.1 Å². The van der Waals surface area contributed by atoms with Gasteiger partial charge >= 0.3 is 13.7 Å². The van der Waals surface area contributed by atoms with Crippen LogP contribution in [0.4, 0.5) is 10.3 Å². The third-order valence-corrected chi connectivity index (χ3v) is 7.95. The van der Waals surface area contributed by atoms with E-state index in [1.54, 1.807) is 6.92 Å². The number of fused-ring (bicyclic) bond motifs is 1. The molecule has 0 spiro atoms. The number of imidazole rings is 1. The standard InChI is InChI=1S/C23H29FN9O8P.CH4/c1-5-38-19-16-18(28-22(25)29-19)33(11-27-16)21-23(3,31-32-26)17(34)15(40-21)10-39-42(36,30-12(2)20(35)37-4)41-14-8-6-13(24)7-9-14;/h6-9,11-12,15,17,21,34H,5,10H2,1-4H3,(H,30,36)(H2,25,28,29);1H4/t12-,15+,17+,21+,23+,42?;/m0./s1. The molecule has 0 radical (unpaired) electrons. The molecule has 17 nitrogen and oxygen atoms in total. The SMILES string of the molecule is C.CCOc1nc(N)nc2c1ncn2[C@@H]1O[C@H](COP(=O)(N[C@@H](C)C(=O)OC)Oc2ccc(F)cc2)[C@@H](O)[C@@]1(C)N=[N+]=[N-]. The van der Waals surface area contributed by atoms with Crippen molar-refractivity contribution in [2.75, 3.05) is 26.1 Å². The minimum atomic E-state index is -4.40. The molecule has 0 saturated carbocycles. The summed E-state index contributed by atoms with van der Waals surface area (Å²) >= 11 is 0. The number of azide groups is 1. The van der Waals surface area contributed by atoms with Crippen LogP contribution in [0.1, 0.15) is 34.4 Å². The number of aliphatic hydroxyl groups excluding tert-OH is 1. The highest BCUT2D eigenvalue weighted by atomic mass is 31.2. The molecule has 19 heteroatoms. The molecule has 0 bridgehead atoms. The second-order valence-corrected chi connectivity index (χ2v) is 10.9. The van der Waals surface area contributed by atoms with E-state index in [9.17, 15) is 24.4 Å². The van der Waals surface area contributed by atoms with Crippen LogP contribution in [0.15, 0.2) is 35.7 Å². The first-order valence-electron chi connectivity index (χ1n) is 12.5. The van der Waals surface area contributed by atoms with E-state index >= 15 is 0 Å². The predicted octanol–water partition coefficient (Wildman–Crippen LogP) is 3.26. The van der Waals surface area contributed by atoms with Crippen LogP contribution in [0.2, 0.25) is 0 Å². The van der Waals surface area contributed by atoms with Gasteiger partial charge in [0, 0.05) is 4.91 Å². The van der Waals surface area contributed by atoms with Crippen LogP contribution in [0.5, 0.6) is 11.6 Å². The zero-order valence-electron chi connectivity index (χ0n) is 22.9. The number of nitrogens with one attached hydrogen (secondary N) is 1. The van der Waals surface area contributed by atoms with Gasteiger partial charge < -0.3 is 29.6 Å². The van der Waals surface area contributed by atoms with Gasteiger partial charge in [-0.25, -0.2) is 13.9 Å². The zero-order valence-corrected chi connectivity index (χ0v) is 23.8. The first kappa shape index (κ1) is 33.5. The maximum atomic E-state index is 13.7. The molecular formula is C24H33FN9O8P. The highest BCUT2D eigenvalue weighted by molar-refractivity contribution is 7.52. The van der Waals surface area contributed by atoms with Gasteiger partial charge in [0.1, 0.15) is 29.3 Å². The summed E-state index contributed by atoms with van der Waals surface area (Å²) in [6, 6.07) is 3.41. The topological polar surface area (TPSA) is 231 Å². The number of aromatic nitrogens is 4. The largest absolute Gasteiger partial charge is 0.476 e. The van der Waals surface area contributed by atoms with E-state index < -0.39 is 56.2 Å². The fourth-order valence-corrected chi connectivity index (χ4v) is 5.76. The average Bonchev–Trinajstić information content (AvgIpc) is 3.47. The van der Waals surface area contributed by atoms with Gasteiger partial charge in [0.2, 0.25) is 11.8 Å². The lowest BCUT2D eigenvalue weighted by molar-refractivity contribution is -0.142. The van der Waals surface area contributed by atoms with Gasteiger partial charge in [-0.15, -0.1) is 0 Å². The van der Waals surface area contributed by atoms with E-state index in [2.05, 4.69) is 34.8 Å². The van der Waals surface area contributed by atoms with Gasteiger partial charge in [-0.1, -0.05) is 12.5 Å². The Morgan fingerprint density at radius 1 is 1.40 bits per heavy atom. The Morgan fingerprint density at radius 3 is 2.72 bits per heavy atom. The summed E-state index contributed by atoms with van der Waals surface area (Å²) in [4.78, 5) is 27.4. The molecule has 1 aliphatic heterocycles. The highest BCUT2D eigenvalue weighted by Gasteiger charge is 2.55. The van der Waals surface area contributed by atoms with E-state index in [0.29, 0.717) is 0 Å². The number of nitrogen functional groups attached to an aromatic ring is 1. The van der Waals surface area contributed by atoms with Crippen molar-refractivity contribution in [3.05, 3.63) is 46.9 Å². The lowest BCUT2D eigenvalue weighted by atomic mass is 9.93. The number of methoxy groups -OCH3 is 1. The Bertz CT molecular complexity index is 1540. The van der Waals surface area contributed by atoms with Crippen molar-refractivity contribution in [3.8, 4) is 11.6 Å². The Labute approximate surface area is 245 Å². The second-order valence-electron chi connectivity index (χ2n) is 9.24. The number of benzene rings is 1. The minimum absolute atomic E-state index is 0. The molecule has 3 heterocycles. The lowest BCUT2D eigenvalue weighted by Gasteiger charge is -2.28. The summed E-state index contributed by atoms with van der Waals surface area (Å²) in [5, 5.41) is 17.5. The number of ether oxygens (including phenoxy) is 3. The summed E-state index contributed by atoms with van der Waals surface area (Å²) < 4.78 is 55.8. The molecule has 1 fully saturated rings. The number of aliphatic hydroxyl groups is 1. The Hall–Kier alpha value is -4.05. The molecular weight excluding hydrogens is 592 g/mol.